The van der Waals surface area contributed by atoms with Gasteiger partial charge in [-0.2, -0.15) is 0 Å². The number of rotatable bonds is 6. The Balaban J connectivity index is 1.64. The molecule has 1 fully saturated rings. The van der Waals surface area contributed by atoms with Crippen LogP contribution in [0.3, 0.4) is 0 Å². The molecular formula is C29H28N4O2S. The van der Waals surface area contributed by atoms with Gasteiger partial charge in [0.1, 0.15) is 0 Å². The molecule has 36 heavy (non-hydrogen) atoms. The van der Waals surface area contributed by atoms with Crippen molar-refractivity contribution in [1.82, 2.24) is 19.8 Å². The van der Waals surface area contributed by atoms with Gasteiger partial charge in [-0.3, -0.25) is 4.98 Å². The number of thiocarbonyl (C=S) groups is 1. The number of nitrogens with zero attached hydrogens (tertiary/aromatic N) is 3. The van der Waals surface area contributed by atoms with Gasteiger partial charge < -0.3 is 19.9 Å². The first kappa shape index (κ1) is 23.8. The summed E-state index contributed by atoms with van der Waals surface area (Å²) in [6, 6.07) is 23.5. The van der Waals surface area contributed by atoms with E-state index in [9.17, 15) is 9.90 Å². The number of carboxylic acids is 1. The van der Waals surface area contributed by atoms with Crippen LogP contribution in [-0.4, -0.2) is 30.6 Å². The number of pyridine rings is 1. The molecule has 0 unspecified atom stereocenters. The maximum Gasteiger partial charge on any atom is 0.335 e. The van der Waals surface area contributed by atoms with Gasteiger partial charge in [0.2, 0.25) is 0 Å². The summed E-state index contributed by atoms with van der Waals surface area (Å²) in [7, 11) is 0. The Morgan fingerprint density at radius 3 is 2.47 bits per heavy atom. The maximum atomic E-state index is 11.7. The van der Waals surface area contributed by atoms with Crippen LogP contribution in [0.4, 0.5) is 0 Å². The van der Waals surface area contributed by atoms with Crippen molar-refractivity contribution in [3.05, 3.63) is 118 Å². The fourth-order valence-corrected chi connectivity index (χ4v) is 5.44. The van der Waals surface area contributed by atoms with Gasteiger partial charge in [-0.15, -0.1) is 0 Å². The van der Waals surface area contributed by atoms with Crippen molar-refractivity contribution in [2.75, 3.05) is 0 Å². The monoisotopic (exact) mass is 496 g/mol. The molecule has 0 spiro atoms. The van der Waals surface area contributed by atoms with Crippen LogP contribution in [0.15, 0.2) is 79.0 Å². The highest BCUT2D eigenvalue weighted by Crippen LogP contribution is 2.42. The second-order valence-electron chi connectivity index (χ2n) is 9.21. The minimum absolute atomic E-state index is 0.0875. The summed E-state index contributed by atoms with van der Waals surface area (Å²) in [5, 5.41) is 13.8. The predicted molar refractivity (Wildman–Crippen MR) is 144 cm³/mol. The SMILES string of the molecule is Cc1ccc(C(=O)O)cc1-n1c(C)cc([C@H]2[C@H](c3ccccn3)NC(=S)N2Cc2ccccc2)c1C. The quantitative estimate of drug-likeness (QED) is 0.335. The van der Waals surface area contributed by atoms with Crippen LogP contribution in [0, 0.1) is 20.8 Å². The van der Waals surface area contributed by atoms with E-state index in [-0.39, 0.29) is 17.6 Å². The lowest BCUT2D eigenvalue weighted by Crippen LogP contribution is -2.29. The molecule has 1 saturated heterocycles. The van der Waals surface area contributed by atoms with Gasteiger partial charge in [-0.25, -0.2) is 4.79 Å². The summed E-state index contributed by atoms with van der Waals surface area (Å²) in [4.78, 5) is 18.6. The molecule has 2 aromatic carbocycles. The van der Waals surface area contributed by atoms with E-state index in [0.29, 0.717) is 11.7 Å². The molecule has 7 heteroatoms. The van der Waals surface area contributed by atoms with E-state index in [4.69, 9.17) is 12.2 Å². The minimum Gasteiger partial charge on any atom is -0.478 e. The molecule has 1 aliphatic rings. The zero-order valence-electron chi connectivity index (χ0n) is 20.5. The van der Waals surface area contributed by atoms with Crippen LogP contribution in [0.25, 0.3) is 5.69 Å². The maximum absolute atomic E-state index is 11.7. The third-order valence-electron chi connectivity index (χ3n) is 6.88. The molecule has 4 aromatic rings. The molecule has 2 atom stereocenters. The standard InChI is InChI=1S/C29H28N4O2S/c1-18-12-13-22(28(34)35)16-25(18)33-19(2)15-23(20(33)3)27-26(24-11-7-8-14-30-24)31-29(36)32(27)17-21-9-5-4-6-10-21/h4-16,26-27H,17H2,1-3H3,(H,31,36)(H,34,35)/t26-,27-/m0/s1. The average Bonchev–Trinajstić information content (AvgIpc) is 3.35. The van der Waals surface area contributed by atoms with Crippen molar-refractivity contribution in [3.8, 4) is 5.69 Å². The highest BCUT2D eigenvalue weighted by Gasteiger charge is 2.41. The number of aryl methyl sites for hydroxylation is 2. The number of aromatic nitrogens is 2. The van der Waals surface area contributed by atoms with E-state index < -0.39 is 5.97 Å². The molecule has 5 rings (SSSR count). The molecule has 3 heterocycles. The van der Waals surface area contributed by atoms with Crippen molar-refractivity contribution in [3.63, 3.8) is 0 Å². The van der Waals surface area contributed by atoms with Crippen LogP contribution in [0.1, 0.15) is 56.2 Å². The van der Waals surface area contributed by atoms with Crippen LogP contribution in [0.2, 0.25) is 0 Å². The molecular weight excluding hydrogens is 468 g/mol. The zero-order chi connectivity index (χ0) is 25.4. The van der Waals surface area contributed by atoms with Crippen LogP contribution >= 0.6 is 12.2 Å². The van der Waals surface area contributed by atoms with Crippen molar-refractivity contribution in [2.45, 2.75) is 39.4 Å². The third kappa shape index (κ3) is 4.27. The molecule has 0 bridgehead atoms. The molecule has 1 aliphatic heterocycles. The van der Waals surface area contributed by atoms with E-state index >= 15 is 0 Å². The number of benzene rings is 2. The van der Waals surface area contributed by atoms with Gasteiger partial charge >= 0.3 is 5.97 Å². The summed E-state index contributed by atoms with van der Waals surface area (Å²) in [5.41, 5.74) is 7.46. The Labute approximate surface area is 216 Å². The Morgan fingerprint density at radius 2 is 1.78 bits per heavy atom. The van der Waals surface area contributed by atoms with Gasteiger partial charge in [0.25, 0.3) is 0 Å². The first-order valence-electron chi connectivity index (χ1n) is 11.9. The lowest BCUT2D eigenvalue weighted by atomic mass is 9.96. The Kier molecular flexibility index (Phi) is 6.33. The second kappa shape index (κ2) is 9.59. The summed E-state index contributed by atoms with van der Waals surface area (Å²) < 4.78 is 2.15. The van der Waals surface area contributed by atoms with E-state index in [2.05, 4.69) is 51.8 Å². The number of nitrogens with one attached hydrogen (secondary N) is 1. The van der Waals surface area contributed by atoms with Crippen LogP contribution in [-0.2, 0) is 6.54 Å². The van der Waals surface area contributed by atoms with Gasteiger partial charge in [0.05, 0.1) is 23.3 Å². The number of hydrogen-bond donors (Lipinski definition) is 2. The number of hydrogen-bond acceptors (Lipinski definition) is 3. The lowest BCUT2D eigenvalue weighted by molar-refractivity contribution is 0.0697. The van der Waals surface area contributed by atoms with E-state index in [1.807, 2.05) is 49.4 Å². The van der Waals surface area contributed by atoms with Gasteiger partial charge in [-0.1, -0.05) is 42.5 Å². The topological polar surface area (TPSA) is 70.4 Å². The van der Waals surface area contributed by atoms with Crippen molar-refractivity contribution in [2.24, 2.45) is 0 Å². The third-order valence-corrected chi connectivity index (χ3v) is 7.23. The average molecular weight is 497 g/mol. The van der Waals surface area contributed by atoms with Gasteiger partial charge in [-0.05, 0) is 80.0 Å². The number of carbonyl (C=O) groups is 1. The van der Waals surface area contributed by atoms with Crippen LogP contribution in [0.5, 0.6) is 0 Å². The lowest BCUT2D eigenvalue weighted by Gasteiger charge is -2.28. The first-order valence-corrected chi connectivity index (χ1v) is 12.3. The highest BCUT2D eigenvalue weighted by molar-refractivity contribution is 7.80. The largest absolute Gasteiger partial charge is 0.478 e. The molecule has 2 aromatic heterocycles. The van der Waals surface area contributed by atoms with Gasteiger partial charge in [0.15, 0.2) is 5.11 Å². The molecule has 0 aliphatic carbocycles. The summed E-state index contributed by atoms with van der Waals surface area (Å²) in [6.07, 6.45) is 1.81. The Bertz CT molecular complexity index is 1430. The molecule has 0 amide bonds. The van der Waals surface area contributed by atoms with Gasteiger partial charge in [0, 0.05) is 29.8 Å². The normalized spacial score (nSPS) is 17.3. The minimum atomic E-state index is -0.937. The first-order chi connectivity index (χ1) is 17.3. The fourth-order valence-electron chi connectivity index (χ4n) is 5.14. The number of carboxylic acid groups (broad SMARTS) is 1. The summed E-state index contributed by atoms with van der Waals surface area (Å²) >= 11 is 5.85. The summed E-state index contributed by atoms with van der Waals surface area (Å²) in [5.74, 6) is -0.937. The van der Waals surface area contributed by atoms with E-state index in [1.54, 1.807) is 18.3 Å². The van der Waals surface area contributed by atoms with Crippen molar-refractivity contribution in [1.29, 1.82) is 0 Å². The molecule has 2 N–H and O–H groups in total. The van der Waals surface area contributed by atoms with Crippen molar-refractivity contribution < 1.29 is 9.90 Å². The Hall–Kier alpha value is -3.97. The van der Waals surface area contributed by atoms with E-state index in [0.717, 1.165) is 33.9 Å². The fraction of sp³-hybridized carbons (Fsp3) is 0.207. The van der Waals surface area contributed by atoms with E-state index in [1.165, 1.54) is 5.56 Å². The summed E-state index contributed by atoms with van der Waals surface area (Å²) in [6.45, 7) is 6.82. The molecule has 0 radical (unpaired) electrons. The Morgan fingerprint density at radius 1 is 1.03 bits per heavy atom. The molecule has 0 saturated carbocycles. The number of aromatic carboxylic acids is 1. The van der Waals surface area contributed by atoms with Crippen LogP contribution < -0.4 is 5.32 Å². The smallest absolute Gasteiger partial charge is 0.335 e. The van der Waals surface area contributed by atoms with Crippen molar-refractivity contribution >= 4 is 23.3 Å². The second-order valence-corrected chi connectivity index (χ2v) is 9.60. The highest BCUT2D eigenvalue weighted by atomic mass is 32.1. The predicted octanol–water partition coefficient (Wildman–Crippen LogP) is 5.67. The molecule has 6 nitrogen and oxygen atoms in total. The zero-order valence-corrected chi connectivity index (χ0v) is 21.3. The molecule has 182 valence electrons.